The number of phenolic OH excluding ortho intramolecular Hbond substituents is 2. The number of nitrogens with two attached hydrogens (primary N) is 6. The first-order chi connectivity index (χ1) is 13.8. The number of hydrogen-bond donors (Lipinski definition) is 10. The molecule has 0 saturated heterocycles. The van der Waals surface area contributed by atoms with Crippen LogP contribution in [-0.2, 0) is 0 Å². The Kier molecular flexibility index (Phi) is 11.3. The molecule has 0 atom stereocenters. The average Bonchev–Trinajstić information content (AvgIpc) is 2.66. The van der Waals surface area contributed by atoms with E-state index in [1.807, 2.05) is 10.9 Å². The third-order valence-electron chi connectivity index (χ3n) is 2.43. The average molecular weight is 441 g/mol. The summed E-state index contributed by atoms with van der Waals surface area (Å²) in [4.78, 5) is 26.5. The van der Waals surface area contributed by atoms with Crippen LogP contribution in [0.4, 0.5) is 21.5 Å². The van der Waals surface area contributed by atoms with Gasteiger partial charge in [-0.2, -0.15) is 4.39 Å². The minimum atomic E-state index is -2.18. The maximum Gasteiger partial charge on any atom is 0.366 e. The second-order valence-corrected chi connectivity index (χ2v) is 4.15. The van der Waals surface area contributed by atoms with Crippen LogP contribution < -0.4 is 45.7 Å². The molecule has 0 aliphatic rings. The van der Waals surface area contributed by atoms with E-state index in [1.54, 1.807) is 0 Å². The first-order valence-electron chi connectivity index (χ1n) is 6.52. The number of rotatable bonds is 3. The van der Waals surface area contributed by atoms with Crippen molar-refractivity contribution in [1.82, 2.24) is 10.9 Å². The third-order valence-corrected chi connectivity index (χ3v) is 2.43. The molecule has 0 spiro atoms. The normalized spacial score (nSPS) is 10.5. The summed E-state index contributed by atoms with van der Waals surface area (Å²) in [7, 11) is 0. The molecule has 1 aromatic carbocycles. The lowest BCUT2D eigenvalue weighted by atomic mass is 10.2. The van der Waals surface area contributed by atoms with Crippen molar-refractivity contribution in [3.05, 3.63) is 36.2 Å². The Labute approximate surface area is 163 Å². The smallest absolute Gasteiger partial charge is 0.366 e. The number of hydrazine groups is 2. The molecule has 21 nitrogen and oxygen atoms in total. The highest BCUT2D eigenvalue weighted by Crippen LogP contribution is 2.50. The van der Waals surface area contributed by atoms with E-state index in [4.69, 9.17) is 33.4 Å². The highest BCUT2D eigenvalue weighted by molar-refractivity contribution is 5.77. The maximum atomic E-state index is 13.3. The van der Waals surface area contributed by atoms with Crippen LogP contribution in [0, 0.1) is 36.2 Å². The van der Waals surface area contributed by atoms with Crippen LogP contribution in [0.15, 0.2) is 10.2 Å². The summed E-state index contributed by atoms with van der Waals surface area (Å²) >= 11 is 0. The van der Waals surface area contributed by atoms with Gasteiger partial charge in [0, 0.05) is 0 Å². The zero-order chi connectivity index (χ0) is 24.2. The highest BCUT2D eigenvalue weighted by atomic mass is 19.1. The van der Waals surface area contributed by atoms with E-state index in [0.29, 0.717) is 0 Å². The first kappa shape index (κ1) is 27.2. The number of nitro groups is 3. The Morgan fingerprint density at radius 3 is 1.20 bits per heavy atom. The van der Waals surface area contributed by atoms with Gasteiger partial charge in [0.05, 0.1) is 14.8 Å². The van der Waals surface area contributed by atoms with Gasteiger partial charge in [0.1, 0.15) is 0 Å². The molecule has 0 fully saturated rings. The number of halogens is 1. The summed E-state index contributed by atoms with van der Waals surface area (Å²) in [5, 5.41) is 55.3. The molecule has 0 aromatic heterocycles. The van der Waals surface area contributed by atoms with Gasteiger partial charge in [0.2, 0.25) is 11.9 Å². The van der Waals surface area contributed by atoms with Crippen molar-refractivity contribution < 1.29 is 29.4 Å². The van der Waals surface area contributed by atoms with Crippen LogP contribution in [-0.4, -0.2) is 36.9 Å². The molecule has 0 aliphatic heterocycles. The Bertz CT molecular complexity index is 738. The SMILES string of the molecule is NN=C(N)NN.NN=C(N)NN.O=[N+]([O-])c1c(O)c([N+](=O)[O-])c(F)c([N+](=O)[O-])c1O. The molecule has 0 aliphatic carbocycles. The van der Waals surface area contributed by atoms with Gasteiger partial charge in [0.15, 0.2) is 0 Å². The molecule has 0 radical (unpaired) electrons. The molecule has 1 aromatic rings. The summed E-state index contributed by atoms with van der Waals surface area (Å²) in [6.45, 7) is 0. The molecule has 0 amide bonds. The summed E-state index contributed by atoms with van der Waals surface area (Å²) in [6, 6.07) is 0. The number of nitrogens with one attached hydrogen (secondary N) is 2. The molecule has 22 heteroatoms. The lowest BCUT2D eigenvalue weighted by Gasteiger charge is -2.02. The number of nitro benzene ring substituents is 3. The second-order valence-electron chi connectivity index (χ2n) is 4.15. The predicted molar refractivity (Wildman–Crippen MR) is 96.0 cm³/mol. The van der Waals surface area contributed by atoms with Gasteiger partial charge in [-0.1, -0.05) is 0 Å². The van der Waals surface area contributed by atoms with Crippen molar-refractivity contribution in [1.29, 1.82) is 0 Å². The highest BCUT2D eigenvalue weighted by Gasteiger charge is 2.43. The quantitative estimate of drug-likeness (QED) is 0.0706. The van der Waals surface area contributed by atoms with E-state index < -0.39 is 49.1 Å². The molecular weight excluding hydrogens is 425 g/mol. The molecule has 30 heavy (non-hydrogen) atoms. The van der Waals surface area contributed by atoms with Gasteiger partial charge in [-0.3, -0.25) is 41.2 Å². The summed E-state index contributed by atoms with van der Waals surface area (Å²) in [6.07, 6.45) is 0. The van der Waals surface area contributed by atoms with Crippen LogP contribution in [0.1, 0.15) is 0 Å². The number of hydrazone groups is 2. The molecule has 0 heterocycles. The van der Waals surface area contributed by atoms with Crippen molar-refractivity contribution in [2.24, 2.45) is 45.0 Å². The summed E-state index contributed by atoms with van der Waals surface area (Å²) in [5.74, 6) is 12.9. The number of hydrogen-bond acceptors (Lipinski definition) is 14. The summed E-state index contributed by atoms with van der Waals surface area (Å²) < 4.78 is 13.3. The van der Waals surface area contributed by atoms with Gasteiger partial charge in [-0.05, 0) is 0 Å². The standard InChI is InChI=1S/C6H2FN3O8.2CH7N5/c7-1-2(8(13)14)5(11)4(10(17)18)6(12)3(1)9(15)16;2*2-1(5-3)6-4/h11-12H;2*3-4H2,(H3,2,5,6). The number of aromatic hydroxyl groups is 2. The van der Waals surface area contributed by atoms with Crippen molar-refractivity contribution in [2.45, 2.75) is 0 Å². The molecule has 0 bridgehead atoms. The van der Waals surface area contributed by atoms with Gasteiger partial charge < -0.3 is 33.4 Å². The molecule has 1 rings (SSSR count). The Morgan fingerprint density at radius 1 is 0.800 bits per heavy atom. The molecule has 0 unspecified atom stereocenters. The number of nitrogens with zero attached hydrogens (tertiary/aromatic N) is 5. The first-order valence-corrected chi connectivity index (χ1v) is 6.52. The maximum absolute atomic E-state index is 13.3. The van der Waals surface area contributed by atoms with E-state index in [2.05, 4.69) is 21.9 Å². The Hall–Kier alpha value is -4.99. The van der Waals surface area contributed by atoms with Crippen LogP contribution in [0.25, 0.3) is 0 Å². The van der Waals surface area contributed by atoms with E-state index >= 15 is 0 Å². The van der Waals surface area contributed by atoms with Gasteiger partial charge in [-0.25, -0.2) is 11.7 Å². The fourth-order valence-electron chi connectivity index (χ4n) is 1.24. The van der Waals surface area contributed by atoms with E-state index in [9.17, 15) is 34.7 Å². The zero-order valence-electron chi connectivity index (χ0n) is 14.4. The van der Waals surface area contributed by atoms with Crippen LogP contribution in [0.5, 0.6) is 11.5 Å². The van der Waals surface area contributed by atoms with Gasteiger partial charge >= 0.3 is 17.1 Å². The zero-order valence-corrected chi connectivity index (χ0v) is 14.4. The molecule has 0 saturated carbocycles. The predicted octanol–water partition coefficient (Wildman–Crippen LogP) is -3.76. The lowest BCUT2D eigenvalue weighted by molar-refractivity contribution is -0.409. The summed E-state index contributed by atoms with van der Waals surface area (Å²) in [5.41, 5.74) is 8.33. The number of benzene rings is 1. The fraction of sp³-hybridized carbons (Fsp3) is 0. The Morgan fingerprint density at radius 2 is 1.07 bits per heavy atom. The van der Waals surface area contributed by atoms with Crippen LogP contribution in [0.3, 0.4) is 0 Å². The third kappa shape index (κ3) is 7.32. The largest absolute Gasteiger partial charge is 0.497 e. The van der Waals surface area contributed by atoms with E-state index in [1.165, 1.54) is 0 Å². The lowest BCUT2D eigenvalue weighted by Crippen LogP contribution is -2.37. The van der Waals surface area contributed by atoms with Gasteiger partial charge in [-0.15, -0.1) is 10.2 Å². The second kappa shape index (κ2) is 12.4. The van der Waals surface area contributed by atoms with E-state index in [0.717, 1.165) is 0 Å². The fourth-order valence-corrected chi connectivity index (χ4v) is 1.24. The molecule has 168 valence electrons. The van der Waals surface area contributed by atoms with Crippen molar-refractivity contribution >= 4 is 29.0 Å². The minimum Gasteiger partial charge on any atom is -0.497 e. The van der Waals surface area contributed by atoms with Gasteiger partial charge in [0.25, 0.3) is 17.3 Å². The topological polar surface area (TPSA) is 375 Å². The number of guanidine groups is 2. The van der Waals surface area contributed by atoms with Crippen molar-refractivity contribution in [3.8, 4) is 11.5 Å². The Balaban J connectivity index is 0. The monoisotopic (exact) mass is 441 g/mol. The van der Waals surface area contributed by atoms with E-state index in [-0.39, 0.29) is 11.9 Å². The molecular formula is C8H16FN13O8. The van der Waals surface area contributed by atoms with Crippen molar-refractivity contribution in [2.75, 3.05) is 0 Å². The molecule has 16 N–H and O–H groups in total. The van der Waals surface area contributed by atoms with Crippen LogP contribution >= 0.6 is 0 Å². The van der Waals surface area contributed by atoms with Crippen molar-refractivity contribution in [3.63, 3.8) is 0 Å². The van der Waals surface area contributed by atoms with Crippen LogP contribution in [0.2, 0.25) is 0 Å². The number of phenols is 2. The minimum absolute atomic E-state index is 0.0231.